The molecule has 1 aliphatic heterocycles. The number of amides is 2. The third-order valence-electron chi connectivity index (χ3n) is 4.68. The largest absolute Gasteiger partial charge is 0.495 e. The number of pyridine rings is 1. The smallest absolute Gasteiger partial charge is 0.417 e. The number of urea groups is 1. The van der Waals surface area contributed by atoms with E-state index in [0.29, 0.717) is 43.5 Å². The minimum absolute atomic E-state index is 0.0703. The molecule has 1 aliphatic rings. The maximum Gasteiger partial charge on any atom is 0.417 e. The number of methoxy groups -OCH3 is 1. The molecule has 162 valence electrons. The van der Waals surface area contributed by atoms with Gasteiger partial charge in [-0.15, -0.1) is 0 Å². The lowest BCUT2D eigenvalue weighted by molar-refractivity contribution is -0.137. The number of hydrogen-bond donors (Lipinski definition) is 1. The van der Waals surface area contributed by atoms with E-state index < -0.39 is 11.7 Å². The number of hydrogen-bond acceptors (Lipinski definition) is 4. The summed E-state index contributed by atoms with van der Waals surface area (Å²) < 4.78 is 43.4. The summed E-state index contributed by atoms with van der Waals surface area (Å²) in [5.41, 5.74) is -0.0681. The third kappa shape index (κ3) is 5.20. The van der Waals surface area contributed by atoms with Crippen LogP contribution in [0.1, 0.15) is 11.1 Å². The number of ether oxygens (including phenoxy) is 1. The Hall–Kier alpha value is -2.39. The number of halogens is 5. The average molecular weight is 463 g/mol. The zero-order chi connectivity index (χ0) is 21.9. The van der Waals surface area contributed by atoms with Crippen LogP contribution in [0.5, 0.6) is 5.75 Å². The van der Waals surface area contributed by atoms with Crippen LogP contribution in [0.3, 0.4) is 0 Å². The second-order valence-electron chi connectivity index (χ2n) is 6.63. The van der Waals surface area contributed by atoms with Crippen LogP contribution < -0.4 is 15.0 Å². The van der Waals surface area contributed by atoms with Crippen molar-refractivity contribution in [3.63, 3.8) is 0 Å². The molecule has 1 aromatic carbocycles. The SMILES string of the molecule is COc1ccc(CNC(=O)N2CCN(c3ncc(C(F)(F)F)cc3Cl)CC2)cc1Cl. The number of nitrogens with one attached hydrogen (secondary N) is 1. The fourth-order valence-corrected chi connectivity index (χ4v) is 3.62. The van der Waals surface area contributed by atoms with Crippen molar-refractivity contribution in [2.24, 2.45) is 0 Å². The molecule has 30 heavy (non-hydrogen) atoms. The second kappa shape index (κ2) is 9.18. The van der Waals surface area contributed by atoms with Gasteiger partial charge in [-0.2, -0.15) is 13.2 Å². The molecule has 1 saturated heterocycles. The number of carbonyl (C=O) groups is 1. The van der Waals surface area contributed by atoms with Crippen molar-refractivity contribution in [1.82, 2.24) is 15.2 Å². The van der Waals surface area contributed by atoms with Crippen LogP contribution in [0, 0.1) is 0 Å². The summed E-state index contributed by atoms with van der Waals surface area (Å²) in [7, 11) is 1.52. The van der Waals surface area contributed by atoms with Crippen molar-refractivity contribution in [3.8, 4) is 5.75 Å². The van der Waals surface area contributed by atoms with Crippen molar-refractivity contribution in [2.75, 3.05) is 38.2 Å². The maximum absolute atomic E-state index is 12.8. The number of aromatic nitrogens is 1. The molecule has 0 saturated carbocycles. The highest BCUT2D eigenvalue weighted by Crippen LogP contribution is 2.33. The van der Waals surface area contributed by atoms with Crippen LogP contribution >= 0.6 is 23.2 Å². The number of anilines is 1. The number of alkyl halides is 3. The summed E-state index contributed by atoms with van der Waals surface area (Å²) >= 11 is 12.1. The van der Waals surface area contributed by atoms with E-state index in [4.69, 9.17) is 27.9 Å². The second-order valence-corrected chi connectivity index (χ2v) is 7.44. The highest BCUT2D eigenvalue weighted by Gasteiger charge is 2.32. The normalized spacial score (nSPS) is 14.6. The van der Waals surface area contributed by atoms with Crippen molar-refractivity contribution in [3.05, 3.63) is 51.6 Å². The van der Waals surface area contributed by atoms with Gasteiger partial charge in [0, 0.05) is 38.9 Å². The van der Waals surface area contributed by atoms with Crippen molar-refractivity contribution in [2.45, 2.75) is 12.7 Å². The summed E-state index contributed by atoms with van der Waals surface area (Å²) in [6, 6.07) is 5.87. The van der Waals surface area contributed by atoms with E-state index >= 15 is 0 Å². The Labute approximate surface area is 181 Å². The van der Waals surface area contributed by atoms with Gasteiger partial charge in [0.15, 0.2) is 0 Å². The molecule has 2 aromatic rings. The molecule has 2 amide bonds. The zero-order valence-corrected chi connectivity index (χ0v) is 17.5. The van der Waals surface area contributed by atoms with Crippen LogP contribution in [-0.2, 0) is 12.7 Å². The molecular weight excluding hydrogens is 444 g/mol. The van der Waals surface area contributed by atoms with Crippen molar-refractivity contribution in [1.29, 1.82) is 0 Å². The summed E-state index contributed by atoms with van der Waals surface area (Å²) in [4.78, 5) is 19.7. The Morgan fingerprint density at radius 2 is 1.87 bits per heavy atom. The fourth-order valence-electron chi connectivity index (χ4n) is 3.05. The van der Waals surface area contributed by atoms with Crippen LogP contribution in [0.4, 0.5) is 23.8 Å². The van der Waals surface area contributed by atoms with Gasteiger partial charge in [-0.1, -0.05) is 29.3 Å². The first-order valence-electron chi connectivity index (χ1n) is 9.02. The van der Waals surface area contributed by atoms with Gasteiger partial charge in [0.25, 0.3) is 0 Å². The molecule has 1 N–H and O–H groups in total. The molecule has 0 radical (unpaired) electrons. The van der Waals surface area contributed by atoms with E-state index in [9.17, 15) is 18.0 Å². The van der Waals surface area contributed by atoms with Crippen LogP contribution in [0.15, 0.2) is 30.5 Å². The molecule has 1 fully saturated rings. The van der Waals surface area contributed by atoms with Gasteiger partial charge in [-0.25, -0.2) is 9.78 Å². The third-order valence-corrected chi connectivity index (χ3v) is 5.25. The Balaban J connectivity index is 1.54. The van der Waals surface area contributed by atoms with Crippen molar-refractivity contribution < 1.29 is 22.7 Å². The quantitative estimate of drug-likeness (QED) is 0.729. The molecule has 0 bridgehead atoms. The van der Waals surface area contributed by atoms with Gasteiger partial charge in [0.1, 0.15) is 11.6 Å². The van der Waals surface area contributed by atoms with E-state index in [1.165, 1.54) is 7.11 Å². The van der Waals surface area contributed by atoms with E-state index in [1.807, 2.05) is 0 Å². The Bertz CT molecular complexity index is 919. The number of rotatable bonds is 4. The lowest BCUT2D eigenvalue weighted by Crippen LogP contribution is -2.52. The number of carbonyl (C=O) groups excluding carboxylic acids is 1. The Kier molecular flexibility index (Phi) is 6.82. The molecule has 0 unspecified atom stereocenters. The number of piperazine rings is 1. The monoisotopic (exact) mass is 462 g/mol. The molecule has 11 heteroatoms. The number of benzene rings is 1. The molecular formula is C19H19Cl2F3N4O2. The Morgan fingerprint density at radius 1 is 1.17 bits per heavy atom. The van der Waals surface area contributed by atoms with Gasteiger partial charge in [0.2, 0.25) is 0 Å². The highest BCUT2D eigenvalue weighted by molar-refractivity contribution is 6.33. The predicted octanol–water partition coefficient (Wildman–Crippen LogP) is 4.45. The van der Waals surface area contributed by atoms with E-state index in [0.717, 1.165) is 17.8 Å². The van der Waals surface area contributed by atoms with Gasteiger partial charge >= 0.3 is 12.2 Å². The van der Waals surface area contributed by atoms with Crippen molar-refractivity contribution >= 4 is 35.1 Å². The molecule has 0 atom stereocenters. The summed E-state index contributed by atoms with van der Waals surface area (Å²) in [6.07, 6.45) is -3.74. The first kappa shape index (κ1) is 22.3. The standard InChI is InChI=1S/C19H19Cl2F3N4O2/c1-30-16-3-2-12(8-14(16)20)10-26-18(29)28-6-4-27(5-7-28)17-15(21)9-13(11-25-17)19(22,23)24/h2-3,8-9,11H,4-7,10H2,1H3,(H,26,29). The van der Waals surface area contributed by atoms with E-state index in [1.54, 1.807) is 28.0 Å². The van der Waals surface area contributed by atoms with Gasteiger partial charge in [0.05, 0.1) is 22.7 Å². The first-order chi connectivity index (χ1) is 14.2. The molecule has 2 heterocycles. The maximum atomic E-state index is 12.8. The lowest BCUT2D eigenvalue weighted by Gasteiger charge is -2.35. The van der Waals surface area contributed by atoms with E-state index in [2.05, 4.69) is 10.3 Å². The minimum atomic E-state index is -4.50. The minimum Gasteiger partial charge on any atom is -0.495 e. The topological polar surface area (TPSA) is 57.7 Å². The van der Waals surface area contributed by atoms with Gasteiger partial charge in [-0.05, 0) is 23.8 Å². The van der Waals surface area contributed by atoms with Gasteiger partial charge in [-0.3, -0.25) is 0 Å². The Morgan fingerprint density at radius 3 is 2.43 bits per heavy atom. The van der Waals surface area contributed by atoms with Crippen LogP contribution in [0.25, 0.3) is 0 Å². The summed E-state index contributed by atoms with van der Waals surface area (Å²) in [6.45, 7) is 1.87. The van der Waals surface area contributed by atoms with Gasteiger partial charge < -0.3 is 19.9 Å². The highest BCUT2D eigenvalue weighted by atomic mass is 35.5. The summed E-state index contributed by atoms with van der Waals surface area (Å²) in [5.74, 6) is 0.830. The lowest BCUT2D eigenvalue weighted by atomic mass is 10.2. The molecule has 1 aromatic heterocycles. The van der Waals surface area contributed by atoms with Crippen LogP contribution in [0.2, 0.25) is 10.0 Å². The van der Waals surface area contributed by atoms with Crippen LogP contribution in [-0.4, -0.2) is 49.2 Å². The molecule has 0 spiro atoms. The molecule has 3 rings (SSSR count). The number of nitrogens with zero attached hydrogens (tertiary/aromatic N) is 3. The predicted molar refractivity (Wildman–Crippen MR) is 108 cm³/mol. The summed E-state index contributed by atoms with van der Waals surface area (Å²) in [5, 5.41) is 3.21. The molecule has 6 nitrogen and oxygen atoms in total. The average Bonchev–Trinajstić information content (AvgIpc) is 2.71. The first-order valence-corrected chi connectivity index (χ1v) is 9.77. The zero-order valence-electron chi connectivity index (χ0n) is 16.0. The fraction of sp³-hybridized carbons (Fsp3) is 0.368. The van der Waals surface area contributed by atoms with E-state index in [-0.39, 0.29) is 16.9 Å². The molecule has 0 aliphatic carbocycles.